The lowest BCUT2D eigenvalue weighted by molar-refractivity contribution is -0.241. The summed E-state index contributed by atoms with van der Waals surface area (Å²) in [6, 6.07) is 29.1. The van der Waals surface area contributed by atoms with Gasteiger partial charge in [-0.2, -0.15) is 5.06 Å². The topological polar surface area (TPSA) is 83.5 Å². The Bertz CT molecular complexity index is 1240. The minimum Gasteiger partial charge on any atom is -0.458 e. The summed E-state index contributed by atoms with van der Waals surface area (Å²) < 4.78 is 24.9. The molecule has 1 saturated carbocycles. The Labute approximate surface area is 234 Å². The Morgan fingerprint density at radius 2 is 1.15 bits per heavy atom. The van der Waals surface area contributed by atoms with Crippen LogP contribution >= 0.6 is 0 Å². The first-order chi connectivity index (χ1) is 19.5. The second-order valence-electron chi connectivity index (χ2n) is 10.2. The van der Waals surface area contributed by atoms with E-state index in [1.807, 2.05) is 96.1 Å². The predicted octanol–water partition coefficient (Wildman–Crippen LogP) is 4.47. The summed E-state index contributed by atoms with van der Waals surface area (Å²) in [4.78, 5) is 31.1. The molecule has 5 rings (SSSR count). The number of nitrogens with zero attached hydrogens (tertiary/aromatic N) is 1. The zero-order chi connectivity index (χ0) is 27.9. The van der Waals surface area contributed by atoms with Crippen LogP contribution < -0.4 is 0 Å². The molecule has 3 aromatic rings. The fraction of sp³-hybridized carbons (Fsp3) is 0.375. The number of carbonyl (C=O) groups is 2. The van der Waals surface area contributed by atoms with Gasteiger partial charge in [0, 0.05) is 26.3 Å². The molecule has 1 heterocycles. The van der Waals surface area contributed by atoms with E-state index < -0.39 is 42.4 Å². The molecule has 1 saturated heterocycles. The molecule has 3 aromatic carbocycles. The molecule has 2 aliphatic rings. The fourth-order valence-electron chi connectivity index (χ4n) is 5.60. The number of carbonyl (C=O) groups excluding carboxylic acids is 2. The van der Waals surface area contributed by atoms with Gasteiger partial charge < -0.3 is 18.9 Å². The number of benzene rings is 3. The molecule has 2 fully saturated rings. The van der Waals surface area contributed by atoms with Gasteiger partial charge in [-0.15, -0.1) is 0 Å². The maximum atomic E-state index is 12.4. The van der Waals surface area contributed by atoms with Crippen LogP contribution in [0.25, 0.3) is 0 Å². The number of rotatable bonds is 10. The van der Waals surface area contributed by atoms with Crippen LogP contribution in [0.2, 0.25) is 0 Å². The lowest BCUT2D eigenvalue weighted by Crippen LogP contribution is -2.66. The van der Waals surface area contributed by atoms with Gasteiger partial charge in [-0.25, -0.2) is 0 Å². The van der Waals surface area contributed by atoms with Crippen LogP contribution in [0.3, 0.4) is 0 Å². The molecule has 1 aliphatic carbocycles. The molecule has 0 N–H and O–H groups in total. The van der Waals surface area contributed by atoms with Gasteiger partial charge in [-0.1, -0.05) is 91.0 Å². The molecule has 8 heteroatoms. The van der Waals surface area contributed by atoms with Crippen molar-refractivity contribution in [1.29, 1.82) is 0 Å². The predicted molar refractivity (Wildman–Crippen MR) is 146 cm³/mol. The molecule has 0 radical (unpaired) electrons. The molecule has 8 nitrogen and oxygen atoms in total. The summed E-state index contributed by atoms with van der Waals surface area (Å²) in [6.45, 7) is 4.09. The van der Waals surface area contributed by atoms with E-state index in [1.54, 1.807) is 0 Å². The third kappa shape index (κ3) is 6.77. The molecule has 40 heavy (non-hydrogen) atoms. The van der Waals surface area contributed by atoms with Gasteiger partial charge in [-0.3, -0.25) is 14.4 Å². The lowest BCUT2D eigenvalue weighted by Gasteiger charge is -2.47. The molecule has 0 amide bonds. The van der Waals surface area contributed by atoms with Crippen LogP contribution in [-0.4, -0.2) is 54.1 Å². The summed E-state index contributed by atoms with van der Waals surface area (Å²) in [7, 11) is 0. The van der Waals surface area contributed by atoms with Gasteiger partial charge in [0.1, 0.15) is 18.3 Å². The zero-order valence-corrected chi connectivity index (χ0v) is 22.8. The molecular weight excluding hydrogens is 510 g/mol. The van der Waals surface area contributed by atoms with Gasteiger partial charge in [0.2, 0.25) is 0 Å². The monoisotopic (exact) mass is 545 g/mol. The normalized spacial score (nSPS) is 26.1. The van der Waals surface area contributed by atoms with Crippen LogP contribution in [0.15, 0.2) is 91.0 Å². The number of ether oxygens (including phenoxy) is 4. The Morgan fingerprint density at radius 3 is 1.68 bits per heavy atom. The van der Waals surface area contributed by atoms with Crippen LogP contribution in [0.4, 0.5) is 0 Å². The third-order valence-electron chi connectivity index (χ3n) is 7.29. The van der Waals surface area contributed by atoms with Crippen molar-refractivity contribution in [2.24, 2.45) is 5.92 Å². The first-order valence-electron chi connectivity index (χ1n) is 13.6. The van der Waals surface area contributed by atoms with Crippen molar-refractivity contribution in [1.82, 2.24) is 5.06 Å². The van der Waals surface area contributed by atoms with Gasteiger partial charge in [0.15, 0.2) is 6.10 Å². The molecular formula is C32H35NO7. The van der Waals surface area contributed by atoms with Crippen molar-refractivity contribution in [3.63, 3.8) is 0 Å². The summed E-state index contributed by atoms with van der Waals surface area (Å²) in [5.74, 6) is -1.17. The fourth-order valence-corrected chi connectivity index (χ4v) is 5.60. The van der Waals surface area contributed by atoms with Gasteiger partial charge in [-0.05, 0) is 16.7 Å². The highest BCUT2D eigenvalue weighted by molar-refractivity contribution is 5.67. The number of fused-ring (bicyclic) bond motifs is 1. The Kier molecular flexibility index (Phi) is 9.23. The van der Waals surface area contributed by atoms with Crippen molar-refractivity contribution >= 4 is 11.9 Å². The number of hydrogen-bond donors (Lipinski definition) is 0. The Morgan fingerprint density at radius 1 is 0.675 bits per heavy atom. The van der Waals surface area contributed by atoms with Crippen LogP contribution in [0.5, 0.6) is 0 Å². The minimum absolute atomic E-state index is 0.239. The van der Waals surface area contributed by atoms with E-state index in [-0.39, 0.29) is 12.5 Å². The summed E-state index contributed by atoms with van der Waals surface area (Å²) in [5.41, 5.74) is 2.98. The highest BCUT2D eigenvalue weighted by Crippen LogP contribution is 2.41. The quantitative estimate of drug-likeness (QED) is 0.345. The average molecular weight is 546 g/mol. The van der Waals surface area contributed by atoms with Crippen LogP contribution in [0, 0.1) is 5.92 Å². The van der Waals surface area contributed by atoms with Crippen molar-refractivity contribution in [2.45, 2.75) is 64.1 Å². The van der Waals surface area contributed by atoms with Crippen LogP contribution in [0.1, 0.15) is 30.5 Å². The molecule has 0 aromatic heterocycles. The number of hydrogen-bond acceptors (Lipinski definition) is 8. The Hall–Kier alpha value is -3.56. The second kappa shape index (κ2) is 13.2. The smallest absolute Gasteiger partial charge is 0.303 e. The first kappa shape index (κ1) is 28.0. The third-order valence-corrected chi connectivity index (χ3v) is 7.29. The zero-order valence-electron chi connectivity index (χ0n) is 22.8. The summed E-state index contributed by atoms with van der Waals surface area (Å²) in [5, 5.41) is 1.86. The first-order valence-corrected chi connectivity index (χ1v) is 13.6. The van der Waals surface area contributed by atoms with E-state index in [0.29, 0.717) is 19.8 Å². The van der Waals surface area contributed by atoms with E-state index in [0.717, 1.165) is 16.7 Å². The number of hydroxylamine groups is 2. The maximum absolute atomic E-state index is 12.4. The molecule has 0 spiro atoms. The van der Waals surface area contributed by atoms with Gasteiger partial charge in [0.05, 0.1) is 25.9 Å². The summed E-state index contributed by atoms with van der Waals surface area (Å²) >= 11 is 0. The molecule has 0 bridgehead atoms. The van der Waals surface area contributed by atoms with Gasteiger partial charge in [0.25, 0.3) is 0 Å². The highest BCUT2D eigenvalue weighted by Gasteiger charge is 2.60. The van der Waals surface area contributed by atoms with E-state index in [4.69, 9.17) is 23.8 Å². The number of esters is 2. The lowest BCUT2D eigenvalue weighted by atomic mass is 9.76. The largest absolute Gasteiger partial charge is 0.458 e. The van der Waals surface area contributed by atoms with Gasteiger partial charge >= 0.3 is 11.9 Å². The minimum atomic E-state index is -0.823. The highest BCUT2D eigenvalue weighted by atomic mass is 16.7. The van der Waals surface area contributed by atoms with E-state index in [1.165, 1.54) is 13.8 Å². The molecule has 1 aliphatic heterocycles. The van der Waals surface area contributed by atoms with E-state index in [9.17, 15) is 9.59 Å². The van der Waals surface area contributed by atoms with Crippen molar-refractivity contribution in [3.05, 3.63) is 108 Å². The SMILES string of the molecule is CC(=O)O[C@H]1[C@H](OCc2ccccc2)[C@@H](OC(C)=O)[C@H]2[C@H](CON2Cc2ccccc2)[C@@H]1OCc1ccccc1. The second-order valence-corrected chi connectivity index (χ2v) is 10.2. The van der Waals surface area contributed by atoms with Crippen molar-refractivity contribution in [3.8, 4) is 0 Å². The van der Waals surface area contributed by atoms with Crippen LogP contribution in [-0.2, 0) is 53.1 Å². The van der Waals surface area contributed by atoms with Crippen molar-refractivity contribution < 1.29 is 33.4 Å². The maximum Gasteiger partial charge on any atom is 0.303 e. The van der Waals surface area contributed by atoms with E-state index in [2.05, 4.69) is 0 Å². The standard InChI is InChI=1S/C32H35NO7/c1-22(34)39-30-28-27(21-38-33(28)18-24-12-6-3-7-13-24)29(36-19-25-14-8-4-9-15-25)32(40-23(2)35)31(30)37-20-26-16-10-5-11-17-26/h3-17,27-32H,18-21H2,1-2H3/t27-,28+,29-,30-,31+,32+/m0/s1. The molecule has 6 atom stereocenters. The van der Waals surface area contributed by atoms with Crippen molar-refractivity contribution in [2.75, 3.05) is 6.61 Å². The average Bonchev–Trinajstić information content (AvgIpc) is 3.37. The van der Waals surface area contributed by atoms with E-state index >= 15 is 0 Å². The summed E-state index contributed by atoms with van der Waals surface area (Å²) in [6.07, 6.45) is -2.95. The molecule has 0 unspecified atom stereocenters. The Balaban J connectivity index is 1.50. The molecule has 210 valence electrons.